The molecule has 6 nitrogen and oxygen atoms in total. The number of ether oxygens (including phenoxy) is 1. The number of carbonyl (C=O) groups excluding carboxylic acids is 2. The number of aryl methyl sites for hydroxylation is 1. The minimum absolute atomic E-state index is 0.131. The van der Waals surface area contributed by atoms with Gasteiger partial charge in [0.05, 0.1) is 19.3 Å². The zero-order valence-electron chi connectivity index (χ0n) is 16.5. The summed E-state index contributed by atoms with van der Waals surface area (Å²) >= 11 is 0. The van der Waals surface area contributed by atoms with Crippen molar-refractivity contribution in [1.82, 2.24) is 10.2 Å². The van der Waals surface area contributed by atoms with Crippen molar-refractivity contribution in [3.05, 3.63) is 65.2 Å². The number of anilines is 1. The SMILES string of the molecule is O=C(Nc1ccc2c(c1)C(=O)CCC2)NC(CN1CCOCC1)c1ccccc1. The average Bonchev–Trinajstić information content (AvgIpc) is 2.75. The number of benzene rings is 2. The molecule has 0 spiro atoms. The third-order valence-corrected chi connectivity index (χ3v) is 5.57. The maximum absolute atomic E-state index is 12.7. The van der Waals surface area contributed by atoms with Gasteiger partial charge in [-0.3, -0.25) is 9.69 Å². The van der Waals surface area contributed by atoms with Gasteiger partial charge in [0.1, 0.15) is 0 Å². The number of hydrogen-bond donors (Lipinski definition) is 2. The number of morpholine rings is 1. The fourth-order valence-corrected chi connectivity index (χ4v) is 3.99. The summed E-state index contributed by atoms with van der Waals surface area (Å²) in [7, 11) is 0. The summed E-state index contributed by atoms with van der Waals surface area (Å²) in [6.07, 6.45) is 2.40. The summed E-state index contributed by atoms with van der Waals surface area (Å²) in [6.45, 7) is 3.89. The normalized spacial score (nSPS) is 18.0. The third kappa shape index (κ3) is 5.02. The van der Waals surface area contributed by atoms with Crippen molar-refractivity contribution in [2.45, 2.75) is 25.3 Å². The quantitative estimate of drug-likeness (QED) is 0.817. The number of nitrogens with zero attached hydrogens (tertiary/aromatic N) is 1. The number of nitrogens with one attached hydrogen (secondary N) is 2. The van der Waals surface area contributed by atoms with E-state index in [1.807, 2.05) is 42.5 Å². The van der Waals surface area contributed by atoms with Crippen LogP contribution < -0.4 is 10.6 Å². The van der Waals surface area contributed by atoms with Crippen molar-refractivity contribution < 1.29 is 14.3 Å². The van der Waals surface area contributed by atoms with E-state index in [1.54, 1.807) is 6.07 Å². The summed E-state index contributed by atoms with van der Waals surface area (Å²) in [4.78, 5) is 27.2. The van der Waals surface area contributed by atoms with E-state index >= 15 is 0 Å². The van der Waals surface area contributed by atoms with Crippen molar-refractivity contribution in [3.8, 4) is 0 Å². The molecule has 1 aliphatic heterocycles. The fourth-order valence-electron chi connectivity index (χ4n) is 3.99. The smallest absolute Gasteiger partial charge is 0.319 e. The van der Waals surface area contributed by atoms with Crippen LogP contribution >= 0.6 is 0 Å². The van der Waals surface area contributed by atoms with Crippen molar-refractivity contribution in [3.63, 3.8) is 0 Å². The van der Waals surface area contributed by atoms with E-state index in [2.05, 4.69) is 15.5 Å². The Morgan fingerprint density at radius 3 is 2.66 bits per heavy atom. The first-order valence-corrected chi connectivity index (χ1v) is 10.3. The van der Waals surface area contributed by atoms with E-state index < -0.39 is 0 Å². The molecule has 1 saturated heterocycles. The standard InChI is InChI=1S/C23H27N3O3/c27-22-8-4-7-17-9-10-19(15-20(17)22)24-23(28)25-21(18-5-2-1-3-6-18)16-26-11-13-29-14-12-26/h1-3,5-6,9-10,15,21H,4,7-8,11-14,16H2,(H2,24,25,28). The van der Waals surface area contributed by atoms with Crippen LogP contribution in [0.1, 0.15) is 40.4 Å². The number of amides is 2. The molecule has 1 heterocycles. The van der Waals surface area contributed by atoms with Crippen molar-refractivity contribution >= 4 is 17.5 Å². The van der Waals surface area contributed by atoms with E-state index in [-0.39, 0.29) is 17.9 Å². The second-order valence-corrected chi connectivity index (χ2v) is 7.62. The highest BCUT2D eigenvalue weighted by atomic mass is 16.5. The van der Waals surface area contributed by atoms with Crippen molar-refractivity contribution in [2.24, 2.45) is 0 Å². The van der Waals surface area contributed by atoms with Crippen LogP contribution in [0.5, 0.6) is 0 Å². The predicted molar refractivity (Wildman–Crippen MR) is 112 cm³/mol. The number of urea groups is 1. The molecule has 2 N–H and O–H groups in total. The summed E-state index contributed by atoms with van der Waals surface area (Å²) in [6, 6.07) is 15.2. The lowest BCUT2D eigenvalue weighted by molar-refractivity contribution is 0.0340. The lowest BCUT2D eigenvalue weighted by Crippen LogP contribution is -2.44. The fraction of sp³-hybridized carbons (Fsp3) is 0.391. The predicted octanol–water partition coefficient (Wildman–Crippen LogP) is 3.40. The summed E-state index contributed by atoms with van der Waals surface area (Å²) in [5, 5.41) is 6.01. The maximum atomic E-state index is 12.7. The molecule has 1 atom stereocenters. The van der Waals surface area contributed by atoms with Crippen LogP contribution in [0, 0.1) is 0 Å². The highest BCUT2D eigenvalue weighted by Gasteiger charge is 2.21. The van der Waals surface area contributed by atoms with Crippen LogP contribution in [0.2, 0.25) is 0 Å². The lowest BCUT2D eigenvalue weighted by atomic mass is 9.90. The molecular formula is C23H27N3O3. The third-order valence-electron chi connectivity index (χ3n) is 5.57. The van der Waals surface area contributed by atoms with Crippen LogP contribution in [0.4, 0.5) is 10.5 Å². The molecule has 1 unspecified atom stereocenters. The van der Waals surface area contributed by atoms with Gasteiger partial charge in [-0.05, 0) is 36.1 Å². The van der Waals surface area contributed by atoms with Gasteiger partial charge in [-0.2, -0.15) is 0 Å². The van der Waals surface area contributed by atoms with Gasteiger partial charge < -0.3 is 15.4 Å². The minimum atomic E-state index is -0.268. The van der Waals surface area contributed by atoms with E-state index in [0.29, 0.717) is 12.1 Å². The van der Waals surface area contributed by atoms with E-state index in [1.165, 1.54) is 0 Å². The first-order chi connectivity index (χ1) is 14.2. The van der Waals surface area contributed by atoms with Crippen LogP contribution in [0.15, 0.2) is 48.5 Å². The number of fused-ring (bicyclic) bond motifs is 1. The summed E-state index contributed by atoms with van der Waals surface area (Å²) < 4.78 is 5.43. The van der Waals surface area contributed by atoms with Gasteiger partial charge in [0.25, 0.3) is 0 Å². The van der Waals surface area contributed by atoms with Crippen LogP contribution in [0.3, 0.4) is 0 Å². The molecule has 2 amide bonds. The Kier molecular flexibility index (Phi) is 6.22. The molecular weight excluding hydrogens is 366 g/mol. The molecule has 1 aliphatic carbocycles. The number of carbonyl (C=O) groups is 2. The van der Waals surface area contributed by atoms with Gasteiger partial charge in [-0.25, -0.2) is 4.79 Å². The molecule has 0 bridgehead atoms. The second kappa shape index (κ2) is 9.20. The zero-order valence-corrected chi connectivity index (χ0v) is 16.5. The first kappa shape index (κ1) is 19.6. The van der Waals surface area contributed by atoms with Gasteiger partial charge in [-0.15, -0.1) is 0 Å². The van der Waals surface area contributed by atoms with E-state index in [9.17, 15) is 9.59 Å². The van der Waals surface area contributed by atoms with Gasteiger partial charge in [0.2, 0.25) is 0 Å². The molecule has 1 fully saturated rings. The number of ketones is 1. The number of hydrogen-bond acceptors (Lipinski definition) is 4. The Hall–Kier alpha value is -2.70. The largest absolute Gasteiger partial charge is 0.379 e. The van der Waals surface area contributed by atoms with Gasteiger partial charge in [0, 0.05) is 37.3 Å². The maximum Gasteiger partial charge on any atom is 0.319 e. The molecule has 2 aromatic carbocycles. The van der Waals surface area contributed by atoms with Crippen molar-refractivity contribution in [1.29, 1.82) is 0 Å². The minimum Gasteiger partial charge on any atom is -0.379 e. The topological polar surface area (TPSA) is 70.7 Å². The van der Waals surface area contributed by atoms with E-state index in [4.69, 9.17) is 4.74 Å². The first-order valence-electron chi connectivity index (χ1n) is 10.3. The Balaban J connectivity index is 1.45. The van der Waals surface area contributed by atoms with Gasteiger partial charge in [-0.1, -0.05) is 36.4 Å². The molecule has 0 radical (unpaired) electrons. The van der Waals surface area contributed by atoms with Crippen LogP contribution in [-0.2, 0) is 11.2 Å². The molecule has 6 heteroatoms. The van der Waals surface area contributed by atoms with Gasteiger partial charge >= 0.3 is 6.03 Å². The molecule has 2 aliphatic rings. The molecule has 29 heavy (non-hydrogen) atoms. The number of Topliss-reactive ketones (excluding diaryl/α,β-unsaturated/α-hetero) is 1. The number of rotatable bonds is 5. The van der Waals surface area contributed by atoms with Crippen LogP contribution in [-0.4, -0.2) is 49.6 Å². The zero-order chi connectivity index (χ0) is 20.1. The average molecular weight is 393 g/mol. The Morgan fingerprint density at radius 1 is 1.07 bits per heavy atom. The second-order valence-electron chi connectivity index (χ2n) is 7.62. The molecule has 2 aromatic rings. The monoisotopic (exact) mass is 393 g/mol. The molecule has 0 aromatic heterocycles. The highest BCUT2D eigenvalue weighted by molar-refractivity contribution is 6.00. The molecule has 0 saturated carbocycles. The Labute approximate surface area is 171 Å². The van der Waals surface area contributed by atoms with E-state index in [0.717, 1.165) is 62.4 Å². The van der Waals surface area contributed by atoms with Crippen molar-refractivity contribution in [2.75, 3.05) is 38.2 Å². The molecule has 152 valence electrons. The summed E-state index contributed by atoms with van der Waals surface area (Å²) in [5.74, 6) is 0.157. The Bertz CT molecular complexity index is 863. The highest BCUT2D eigenvalue weighted by Crippen LogP contribution is 2.24. The van der Waals surface area contributed by atoms with Gasteiger partial charge in [0.15, 0.2) is 5.78 Å². The van der Waals surface area contributed by atoms with Crippen LogP contribution in [0.25, 0.3) is 0 Å². The summed E-state index contributed by atoms with van der Waals surface area (Å²) in [5.41, 5.74) is 3.52. The Morgan fingerprint density at radius 2 is 1.86 bits per heavy atom. The molecule has 4 rings (SSSR count). The lowest BCUT2D eigenvalue weighted by Gasteiger charge is -2.31.